The summed E-state index contributed by atoms with van der Waals surface area (Å²) in [6.07, 6.45) is 2.25. The van der Waals surface area contributed by atoms with Gasteiger partial charge in [0.2, 0.25) is 0 Å². The highest BCUT2D eigenvalue weighted by molar-refractivity contribution is 6.00. The number of ether oxygens (including phenoxy) is 1. The van der Waals surface area contributed by atoms with Crippen LogP contribution in [0, 0.1) is 5.92 Å². The summed E-state index contributed by atoms with van der Waals surface area (Å²) in [7, 11) is 0. The number of aromatic nitrogens is 1. The molecule has 0 saturated carbocycles. The molecule has 0 aliphatic heterocycles. The molecule has 0 fully saturated rings. The standard InChI is InChI=1S/C22H21NO3/c1-15(24)21(16(2)25)12-17-7-9-20(10-8-17)26-14-18-11-19-5-3-4-6-22(19)23-13-18/h3-11,13,21H,12,14H2,1-2H3. The van der Waals surface area contributed by atoms with Gasteiger partial charge in [-0.2, -0.15) is 0 Å². The maximum atomic E-state index is 11.6. The minimum Gasteiger partial charge on any atom is -0.489 e. The fourth-order valence-corrected chi connectivity index (χ4v) is 2.89. The van der Waals surface area contributed by atoms with E-state index >= 15 is 0 Å². The Morgan fingerprint density at radius 3 is 2.35 bits per heavy atom. The molecule has 3 aromatic rings. The Balaban J connectivity index is 1.63. The molecular formula is C22H21NO3. The van der Waals surface area contributed by atoms with E-state index in [1.807, 2.05) is 54.7 Å². The van der Waals surface area contributed by atoms with Crippen LogP contribution in [0.25, 0.3) is 10.9 Å². The molecule has 0 atom stereocenters. The van der Waals surface area contributed by atoms with E-state index in [1.54, 1.807) is 0 Å². The minimum absolute atomic E-state index is 0.0957. The zero-order chi connectivity index (χ0) is 18.5. The van der Waals surface area contributed by atoms with Gasteiger partial charge in [-0.3, -0.25) is 14.6 Å². The molecule has 0 unspecified atom stereocenters. The summed E-state index contributed by atoms with van der Waals surface area (Å²) < 4.78 is 5.82. The van der Waals surface area contributed by atoms with E-state index in [1.165, 1.54) is 13.8 Å². The first-order valence-electron chi connectivity index (χ1n) is 8.59. The van der Waals surface area contributed by atoms with Gasteiger partial charge in [-0.05, 0) is 50.1 Å². The molecule has 1 aromatic heterocycles. The van der Waals surface area contributed by atoms with Crippen LogP contribution in [0.4, 0.5) is 0 Å². The number of rotatable bonds is 7. The van der Waals surface area contributed by atoms with Gasteiger partial charge in [-0.1, -0.05) is 30.3 Å². The van der Waals surface area contributed by atoms with Crippen LogP contribution in [0.3, 0.4) is 0 Å². The summed E-state index contributed by atoms with van der Waals surface area (Å²) in [5.74, 6) is -0.0159. The number of pyridine rings is 1. The average Bonchev–Trinajstić information content (AvgIpc) is 2.64. The molecule has 132 valence electrons. The lowest BCUT2D eigenvalue weighted by Gasteiger charge is -2.11. The number of carbonyl (C=O) groups is 2. The molecule has 0 aliphatic carbocycles. The van der Waals surface area contributed by atoms with Crippen LogP contribution in [0.2, 0.25) is 0 Å². The fraction of sp³-hybridized carbons (Fsp3) is 0.227. The van der Waals surface area contributed by atoms with E-state index in [0.29, 0.717) is 13.0 Å². The van der Waals surface area contributed by atoms with Crippen molar-refractivity contribution in [2.24, 2.45) is 5.92 Å². The Hall–Kier alpha value is -3.01. The second-order valence-corrected chi connectivity index (χ2v) is 6.45. The molecule has 0 saturated heterocycles. The predicted octanol–water partition coefficient (Wildman–Crippen LogP) is 4.15. The molecule has 26 heavy (non-hydrogen) atoms. The molecule has 0 spiro atoms. The molecule has 0 aliphatic rings. The number of hydrogen-bond acceptors (Lipinski definition) is 4. The summed E-state index contributed by atoms with van der Waals surface area (Å²) in [5.41, 5.74) is 2.91. The van der Waals surface area contributed by atoms with Crippen molar-refractivity contribution in [3.63, 3.8) is 0 Å². The van der Waals surface area contributed by atoms with Crippen molar-refractivity contribution < 1.29 is 14.3 Å². The number of para-hydroxylation sites is 1. The first-order chi connectivity index (χ1) is 12.5. The lowest BCUT2D eigenvalue weighted by Crippen LogP contribution is -2.21. The summed E-state index contributed by atoms with van der Waals surface area (Å²) in [4.78, 5) is 27.5. The zero-order valence-electron chi connectivity index (χ0n) is 14.9. The van der Waals surface area contributed by atoms with Crippen molar-refractivity contribution in [3.05, 3.63) is 71.9 Å². The SMILES string of the molecule is CC(=O)C(Cc1ccc(OCc2cnc3ccccc3c2)cc1)C(C)=O. The summed E-state index contributed by atoms with van der Waals surface area (Å²) in [5, 5.41) is 1.09. The first kappa shape index (κ1) is 17.8. The predicted molar refractivity (Wildman–Crippen MR) is 101 cm³/mol. The maximum absolute atomic E-state index is 11.6. The lowest BCUT2D eigenvalue weighted by atomic mass is 9.93. The van der Waals surface area contributed by atoms with Gasteiger partial charge >= 0.3 is 0 Å². The monoisotopic (exact) mass is 347 g/mol. The number of Topliss-reactive ketones (excluding diaryl/α,β-unsaturated/α-hetero) is 2. The number of nitrogens with zero attached hydrogens (tertiary/aromatic N) is 1. The topological polar surface area (TPSA) is 56.3 Å². The summed E-state index contributed by atoms with van der Waals surface area (Å²) >= 11 is 0. The number of fused-ring (bicyclic) bond motifs is 1. The fourth-order valence-electron chi connectivity index (χ4n) is 2.89. The third-order valence-electron chi connectivity index (χ3n) is 4.40. The average molecular weight is 347 g/mol. The van der Waals surface area contributed by atoms with Gasteiger partial charge < -0.3 is 4.74 Å². The molecule has 0 amide bonds. The van der Waals surface area contributed by atoms with Gasteiger partial charge in [0.25, 0.3) is 0 Å². The van der Waals surface area contributed by atoms with Crippen LogP contribution in [0.15, 0.2) is 60.8 Å². The smallest absolute Gasteiger partial charge is 0.140 e. The van der Waals surface area contributed by atoms with Crippen LogP contribution < -0.4 is 4.74 Å². The first-order valence-corrected chi connectivity index (χ1v) is 8.59. The Bertz CT molecular complexity index is 918. The van der Waals surface area contributed by atoms with Crippen LogP contribution in [0.1, 0.15) is 25.0 Å². The van der Waals surface area contributed by atoms with E-state index in [0.717, 1.165) is 27.8 Å². The zero-order valence-corrected chi connectivity index (χ0v) is 14.9. The Kier molecular flexibility index (Phi) is 5.42. The van der Waals surface area contributed by atoms with Gasteiger partial charge in [0.1, 0.15) is 23.9 Å². The van der Waals surface area contributed by atoms with Crippen molar-refractivity contribution in [2.75, 3.05) is 0 Å². The van der Waals surface area contributed by atoms with Gasteiger partial charge in [0, 0.05) is 17.1 Å². The van der Waals surface area contributed by atoms with E-state index in [9.17, 15) is 9.59 Å². The van der Waals surface area contributed by atoms with Crippen molar-refractivity contribution >= 4 is 22.5 Å². The third-order valence-corrected chi connectivity index (χ3v) is 4.40. The molecule has 0 bridgehead atoms. The highest BCUT2D eigenvalue weighted by Crippen LogP contribution is 2.19. The summed E-state index contributed by atoms with van der Waals surface area (Å²) in [6, 6.07) is 17.6. The number of ketones is 2. The Morgan fingerprint density at radius 2 is 1.65 bits per heavy atom. The molecule has 1 heterocycles. The number of carbonyl (C=O) groups excluding carboxylic acids is 2. The maximum Gasteiger partial charge on any atom is 0.140 e. The van der Waals surface area contributed by atoms with E-state index in [2.05, 4.69) is 11.1 Å². The van der Waals surface area contributed by atoms with Crippen molar-refractivity contribution in [1.82, 2.24) is 4.98 Å². The van der Waals surface area contributed by atoms with E-state index in [4.69, 9.17) is 4.74 Å². The summed E-state index contributed by atoms with van der Waals surface area (Å²) in [6.45, 7) is 3.35. The van der Waals surface area contributed by atoms with Crippen LogP contribution >= 0.6 is 0 Å². The van der Waals surface area contributed by atoms with Gasteiger partial charge in [0.15, 0.2) is 0 Å². The highest BCUT2D eigenvalue weighted by Gasteiger charge is 2.19. The number of hydrogen-bond donors (Lipinski definition) is 0. The van der Waals surface area contributed by atoms with Crippen molar-refractivity contribution in [2.45, 2.75) is 26.9 Å². The van der Waals surface area contributed by atoms with Crippen LogP contribution in [0.5, 0.6) is 5.75 Å². The molecule has 2 aromatic carbocycles. The Labute approximate surface area is 152 Å². The van der Waals surface area contributed by atoms with Gasteiger partial charge in [-0.25, -0.2) is 0 Å². The normalized spacial score (nSPS) is 10.9. The highest BCUT2D eigenvalue weighted by atomic mass is 16.5. The molecule has 4 nitrogen and oxygen atoms in total. The van der Waals surface area contributed by atoms with Gasteiger partial charge in [-0.15, -0.1) is 0 Å². The second-order valence-electron chi connectivity index (χ2n) is 6.45. The molecule has 0 radical (unpaired) electrons. The van der Waals surface area contributed by atoms with Crippen LogP contribution in [-0.4, -0.2) is 16.6 Å². The third kappa shape index (κ3) is 4.33. The number of benzene rings is 2. The van der Waals surface area contributed by atoms with Crippen molar-refractivity contribution in [1.29, 1.82) is 0 Å². The van der Waals surface area contributed by atoms with Crippen LogP contribution in [-0.2, 0) is 22.6 Å². The molecule has 3 rings (SSSR count). The van der Waals surface area contributed by atoms with E-state index in [-0.39, 0.29) is 11.6 Å². The lowest BCUT2D eigenvalue weighted by molar-refractivity contribution is -0.130. The quantitative estimate of drug-likeness (QED) is 0.603. The molecule has 0 N–H and O–H groups in total. The Morgan fingerprint density at radius 1 is 0.962 bits per heavy atom. The largest absolute Gasteiger partial charge is 0.489 e. The minimum atomic E-state index is -0.564. The van der Waals surface area contributed by atoms with Crippen molar-refractivity contribution in [3.8, 4) is 5.75 Å². The van der Waals surface area contributed by atoms with E-state index < -0.39 is 5.92 Å². The second kappa shape index (κ2) is 7.91. The van der Waals surface area contributed by atoms with Gasteiger partial charge in [0.05, 0.1) is 11.4 Å². The molecule has 4 heteroatoms. The molecular weight excluding hydrogens is 326 g/mol.